The van der Waals surface area contributed by atoms with Crippen LogP contribution in [0.5, 0.6) is 0 Å². The van der Waals surface area contributed by atoms with Crippen molar-refractivity contribution in [2.24, 2.45) is 0 Å². The van der Waals surface area contributed by atoms with Crippen LogP contribution in [0.4, 0.5) is 5.13 Å². The molecule has 1 aliphatic rings. The van der Waals surface area contributed by atoms with E-state index in [1.54, 1.807) is 6.08 Å². The Hall–Kier alpha value is -1.34. The lowest BCUT2D eigenvalue weighted by atomic mass is 9.97. The number of amides is 1. The minimum atomic E-state index is -0.171. The number of hydrogen-bond acceptors (Lipinski definition) is 6. The Balaban J connectivity index is 1.70. The summed E-state index contributed by atoms with van der Waals surface area (Å²) < 4.78 is 0.800. The second-order valence-corrected chi connectivity index (χ2v) is 8.02. The summed E-state index contributed by atoms with van der Waals surface area (Å²) in [5.74, 6) is 0.0576. The molecule has 0 bridgehead atoms. The number of carbonyl (C=O) groups is 1. The first-order chi connectivity index (χ1) is 11.2. The SMILES string of the molecule is C=CCNc1nnc(S[C@@H](C)C(=O)NCCC2=CCCCC2)s1. The zero-order chi connectivity index (χ0) is 16.5. The summed E-state index contributed by atoms with van der Waals surface area (Å²) in [6.45, 7) is 6.93. The maximum atomic E-state index is 12.1. The van der Waals surface area contributed by atoms with Crippen LogP contribution in [0.25, 0.3) is 0 Å². The van der Waals surface area contributed by atoms with Crippen molar-refractivity contribution in [2.75, 3.05) is 18.4 Å². The van der Waals surface area contributed by atoms with Gasteiger partial charge >= 0.3 is 0 Å². The van der Waals surface area contributed by atoms with Gasteiger partial charge < -0.3 is 10.6 Å². The molecule has 126 valence electrons. The summed E-state index contributed by atoms with van der Waals surface area (Å²) >= 11 is 2.90. The minimum Gasteiger partial charge on any atom is -0.357 e. The summed E-state index contributed by atoms with van der Waals surface area (Å²) in [4.78, 5) is 12.1. The first-order valence-electron chi connectivity index (χ1n) is 7.99. The summed E-state index contributed by atoms with van der Waals surface area (Å²) in [5.41, 5.74) is 1.49. The molecule has 0 saturated heterocycles. The number of nitrogens with zero attached hydrogens (tertiary/aromatic N) is 2. The highest BCUT2D eigenvalue weighted by atomic mass is 32.2. The normalized spacial score (nSPS) is 15.6. The van der Waals surface area contributed by atoms with E-state index in [1.165, 1.54) is 54.4 Å². The van der Waals surface area contributed by atoms with Crippen LogP contribution in [0.15, 0.2) is 28.6 Å². The molecule has 0 unspecified atom stereocenters. The number of aromatic nitrogens is 2. The van der Waals surface area contributed by atoms with Gasteiger partial charge in [0.2, 0.25) is 11.0 Å². The molecule has 1 amide bonds. The molecule has 0 aliphatic heterocycles. The van der Waals surface area contributed by atoms with Crippen LogP contribution in [0.3, 0.4) is 0 Å². The van der Waals surface area contributed by atoms with Crippen LogP contribution in [0.2, 0.25) is 0 Å². The number of thioether (sulfide) groups is 1. The van der Waals surface area contributed by atoms with Crippen LogP contribution in [-0.2, 0) is 4.79 Å². The molecule has 1 aromatic rings. The van der Waals surface area contributed by atoms with Gasteiger partial charge in [-0.3, -0.25) is 4.79 Å². The van der Waals surface area contributed by atoms with Crippen molar-refractivity contribution < 1.29 is 4.79 Å². The van der Waals surface area contributed by atoms with Crippen molar-refractivity contribution in [1.82, 2.24) is 15.5 Å². The molecule has 0 spiro atoms. The van der Waals surface area contributed by atoms with E-state index in [9.17, 15) is 4.79 Å². The first kappa shape index (κ1) is 18.0. The lowest BCUT2D eigenvalue weighted by Crippen LogP contribution is -2.31. The van der Waals surface area contributed by atoms with Crippen molar-refractivity contribution in [3.63, 3.8) is 0 Å². The van der Waals surface area contributed by atoms with Gasteiger partial charge in [0.15, 0.2) is 4.34 Å². The second-order valence-electron chi connectivity index (χ2n) is 5.45. The Morgan fingerprint density at radius 1 is 1.52 bits per heavy atom. The molecular formula is C16H24N4OS2. The molecule has 1 atom stereocenters. The van der Waals surface area contributed by atoms with E-state index in [0.29, 0.717) is 6.54 Å². The van der Waals surface area contributed by atoms with Crippen molar-refractivity contribution in [3.05, 3.63) is 24.3 Å². The zero-order valence-electron chi connectivity index (χ0n) is 13.5. The van der Waals surface area contributed by atoms with Crippen molar-refractivity contribution in [3.8, 4) is 0 Å². The third-order valence-electron chi connectivity index (χ3n) is 3.58. The molecular weight excluding hydrogens is 328 g/mol. The number of rotatable bonds is 9. The summed E-state index contributed by atoms with van der Waals surface area (Å²) in [6.07, 6.45) is 10.0. The fourth-order valence-corrected chi connectivity index (χ4v) is 4.24. The Kier molecular flexibility index (Phi) is 7.61. The topological polar surface area (TPSA) is 66.9 Å². The lowest BCUT2D eigenvalue weighted by molar-refractivity contribution is -0.120. The average Bonchev–Trinajstić information content (AvgIpc) is 3.01. The molecule has 2 N–H and O–H groups in total. The first-order valence-corrected chi connectivity index (χ1v) is 9.69. The number of carbonyl (C=O) groups excluding carboxylic acids is 1. The van der Waals surface area contributed by atoms with Gasteiger partial charge in [-0.1, -0.05) is 40.8 Å². The number of nitrogens with one attached hydrogen (secondary N) is 2. The number of hydrogen-bond donors (Lipinski definition) is 2. The molecule has 5 nitrogen and oxygen atoms in total. The number of allylic oxidation sites excluding steroid dienone is 1. The van der Waals surface area contributed by atoms with Gasteiger partial charge in [-0.05, 0) is 39.0 Å². The Labute approximate surface area is 146 Å². The largest absolute Gasteiger partial charge is 0.357 e. The molecule has 1 heterocycles. The molecule has 0 radical (unpaired) electrons. The zero-order valence-corrected chi connectivity index (χ0v) is 15.1. The summed E-state index contributed by atoms with van der Waals surface area (Å²) in [6, 6.07) is 0. The molecule has 23 heavy (non-hydrogen) atoms. The smallest absolute Gasteiger partial charge is 0.233 e. The van der Waals surface area contributed by atoms with Crippen molar-refractivity contribution >= 4 is 34.1 Å². The van der Waals surface area contributed by atoms with Gasteiger partial charge in [-0.15, -0.1) is 16.8 Å². The van der Waals surface area contributed by atoms with E-state index in [-0.39, 0.29) is 11.2 Å². The maximum Gasteiger partial charge on any atom is 0.233 e. The Bertz CT molecular complexity index is 556. The van der Waals surface area contributed by atoms with Crippen LogP contribution >= 0.6 is 23.1 Å². The molecule has 0 fully saturated rings. The predicted molar refractivity (Wildman–Crippen MR) is 98.1 cm³/mol. The lowest BCUT2D eigenvalue weighted by Gasteiger charge is -2.14. The molecule has 0 aromatic carbocycles. The van der Waals surface area contributed by atoms with Crippen molar-refractivity contribution in [2.45, 2.75) is 48.6 Å². The summed E-state index contributed by atoms with van der Waals surface area (Å²) in [5, 5.41) is 14.8. The molecule has 0 saturated carbocycles. The molecule has 1 aliphatic carbocycles. The monoisotopic (exact) mass is 352 g/mol. The van der Waals surface area contributed by atoms with Gasteiger partial charge in [0, 0.05) is 13.1 Å². The Morgan fingerprint density at radius 2 is 2.39 bits per heavy atom. The van der Waals surface area contributed by atoms with Gasteiger partial charge in [0.1, 0.15) is 0 Å². The molecule has 1 aromatic heterocycles. The van der Waals surface area contributed by atoms with E-state index < -0.39 is 0 Å². The van der Waals surface area contributed by atoms with E-state index in [4.69, 9.17) is 0 Å². The maximum absolute atomic E-state index is 12.1. The Morgan fingerprint density at radius 3 is 3.13 bits per heavy atom. The standard InChI is InChI=1S/C16H24N4OS2/c1-3-10-18-15-19-20-16(23-15)22-12(2)14(21)17-11-9-13-7-5-4-6-8-13/h3,7,12H,1,4-6,8-11H2,2H3,(H,17,21)(H,18,19)/t12-/m0/s1. The van der Waals surface area contributed by atoms with Gasteiger partial charge in [0.25, 0.3) is 0 Å². The van der Waals surface area contributed by atoms with Crippen LogP contribution in [-0.4, -0.2) is 34.4 Å². The third kappa shape index (κ3) is 6.35. The van der Waals surface area contributed by atoms with Crippen LogP contribution in [0, 0.1) is 0 Å². The summed E-state index contributed by atoms with van der Waals surface area (Å²) in [7, 11) is 0. The van der Waals surface area contributed by atoms with Gasteiger partial charge in [0.05, 0.1) is 5.25 Å². The van der Waals surface area contributed by atoms with E-state index in [1.807, 2.05) is 6.92 Å². The van der Waals surface area contributed by atoms with E-state index >= 15 is 0 Å². The molecule has 7 heteroatoms. The minimum absolute atomic E-state index is 0.0576. The highest BCUT2D eigenvalue weighted by molar-refractivity contribution is 8.02. The van der Waals surface area contributed by atoms with E-state index in [2.05, 4.69) is 33.5 Å². The van der Waals surface area contributed by atoms with Gasteiger partial charge in [-0.25, -0.2) is 0 Å². The predicted octanol–water partition coefficient (Wildman–Crippen LogP) is 3.62. The van der Waals surface area contributed by atoms with Gasteiger partial charge in [-0.2, -0.15) is 0 Å². The second kappa shape index (κ2) is 9.72. The molecule has 2 rings (SSSR count). The van der Waals surface area contributed by atoms with E-state index in [0.717, 1.165) is 22.4 Å². The fraction of sp³-hybridized carbons (Fsp3) is 0.562. The van der Waals surface area contributed by atoms with Crippen LogP contribution < -0.4 is 10.6 Å². The fourth-order valence-electron chi connectivity index (χ4n) is 2.31. The third-order valence-corrected chi connectivity index (χ3v) is 5.65. The average molecular weight is 353 g/mol. The van der Waals surface area contributed by atoms with Crippen LogP contribution in [0.1, 0.15) is 39.0 Å². The number of anilines is 1. The highest BCUT2D eigenvalue weighted by Crippen LogP contribution is 2.28. The quantitative estimate of drug-likeness (QED) is 0.525. The highest BCUT2D eigenvalue weighted by Gasteiger charge is 2.17. The van der Waals surface area contributed by atoms with Crippen molar-refractivity contribution in [1.29, 1.82) is 0 Å².